The van der Waals surface area contributed by atoms with Gasteiger partial charge in [0.2, 0.25) is 5.88 Å². The van der Waals surface area contributed by atoms with Gasteiger partial charge in [0.15, 0.2) is 0 Å². The molecule has 0 aliphatic carbocycles. The third kappa shape index (κ3) is 5.03. The maximum atomic E-state index is 13.0. The fraction of sp³-hybridized carbons (Fsp3) is 0.212. The first-order valence-corrected chi connectivity index (χ1v) is 12.9. The zero-order valence-corrected chi connectivity index (χ0v) is 22.1. The molecular weight excluding hydrogens is 470 g/mol. The summed E-state index contributed by atoms with van der Waals surface area (Å²) in [7, 11) is 5.71. The molecule has 1 N–H and O–H groups in total. The highest BCUT2D eigenvalue weighted by Crippen LogP contribution is 2.48. The monoisotopic (exact) mass is 503 g/mol. The first-order chi connectivity index (χ1) is 18.5. The van der Waals surface area contributed by atoms with Crippen LogP contribution in [0.3, 0.4) is 0 Å². The summed E-state index contributed by atoms with van der Waals surface area (Å²) in [6.07, 6.45) is 4.03. The van der Waals surface area contributed by atoms with Crippen LogP contribution in [0.15, 0.2) is 109 Å². The van der Waals surface area contributed by atoms with Gasteiger partial charge in [-0.3, -0.25) is 4.98 Å². The summed E-state index contributed by atoms with van der Waals surface area (Å²) >= 11 is 0. The summed E-state index contributed by atoms with van der Waals surface area (Å²) in [4.78, 5) is 11.1. The van der Waals surface area contributed by atoms with Gasteiger partial charge < -0.3 is 14.7 Å². The van der Waals surface area contributed by atoms with Crippen LogP contribution in [-0.2, 0) is 5.60 Å². The van der Waals surface area contributed by atoms with Gasteiger partial charge >= 0.3 is 0 Å². The predicted octanol–water partition coefficient (Wildman–Crippen LogP) is 6.28. The fourth-order valence-corrected chi connectivity index (χ4v) is 5.31. The summed E-state index contributed by atoms with van der Waals surface area (Å²) in [5, 5.41) is 15.1. The quantitative estimate of drug-likeness (QED) is 0.257. The van der Waals surface area contributed by atoms with Crippen molar-refractivity contribution in [3.8, 4) is 17.1 Å². The van der Waals surface area contributed by atoms with Crippen molar-refractivity contribution >= 4 is 10.8 Å². The molecule has 0 saturated carbocycles. The van der Waals surface area contributed by atoms with Crippen molar-refractivity contribution in [2.75, 3.05) is 27.7 Å². The van der Waals surface area contributed by atoms with Crippen LogP contribution >= 0.6 is 0 Å². The average molecular weight is 504 g/mol. The molecule has 5 nitrogen and oxygen atoms in total. The molecule has 5 rings (SSSR count). The van der Waals surface area contributed by atoms with E-state index in [2.05, 4.69) is 46.3 Å². The van der Waals surface area contributed by atoms with E-state index in [9.17, 15) is 5.11 Å². The number of nitrogens with zero attached hydrogens (tertiary/aromatic N) is 3. The molecule has 0 saturated heterocycles. The van der Waals surface area contributed by atoms with Crippen molar-refractivity contribution < 1.29 is 9.84 Å². The van der Waals surface area contributed by atoms with Crippen molar-refractivity contribution in [3.05, 3.63) is 126 Å². The number of pyridine rings is 2. The van der Waals surface area contributed by atoms with E-state index < -0.39 is 11.5 Å². The van der Waals surface area contributed by atoms with E-state index in [0.29, 0.717) is 18.8 Å². The highest BCUT2D eigenvalue weighted by atomic mass is 16.5. The van der Waals surface area contributed by atoms with Crippen LogP contribution in [0.1, 0.15) is 29.0 Å². The van der Waals surface area contributed by atoms with E-state index in [4.69, 9.17) is 9.72 Å². The molecule has 0 fully saturated rings. The predicted molar refractivity (Wildman–Crippen MR) is 153 cm³/mol. The molecule has 2 aromatic heterocycles. The molecule has 192 valence electrons. The number of aliphatic hydroxyl groups is 1. The van der Waals surface area contributed by atoms with Crippen molar-refractivity contribution in [3.63, 3.8) is 0 Å². The number of hydrogen-bond acceptors (Lipinski definition) is 5. The molecule has 38 heavy (non-hydrogen) atoms. The summed E-state index contributed by atoms with van der Waals surface area (Å²) in [5.74, 6) is 0.0695. The second kappa shape index (κ2) is 11.1. The summed E-state index contributed by atoms with van der Waals surface area (Å²) in [5.41, 5.74) is 3.23. The van der Waals surface area contributed by atoms with Crippen LogP contribution < -0.4 is 4.74 Å². The lowest BCUT2D eigenvalue weighted by atomic mass is 9.70. The molecule has 2 atom stereocenters. The molecule has 5 heteroatoms. The van der Waals surface area contributed by atoms with E-state index in [0.717, 1.165) is 38.7 Å². The Morgan fingerprint density at radius 1 is 0.842 bits per heavy atom. The normalized spacial score (nSPS) is 13.8. The van der Waals surface area contributed by atoms with Gasteiger partial charge in [-0.2, -0.15) is 0 Å². The second-order valence-corrected chi connectivity index (χ2v) is 9.88. The maximum Gasteiger partial charge on any atom is 0.217 e. The minimum absolute atomic E-state index is 0.427. The molecule has 3 aromatic carbocycles. The van der Waals surface area contributed by atoms with Gasteiger partial charge in [-0.1, -0.05) is 78.9 Å². The highest BCUT2D eigenvalue weighted by molar-refractivity contribution is 5.86. The number of hydrogen-bond donors (Lipinski definition) is 1. The molecule has 5 aromatic rings. The number of rotatable bonds is 9. The molecule has 2 heterocycles. The van der Waals surface area contributed by atoms with E-state index in [1.165, 1.54) is 0 Å². The number of fused-ring (bicyclic) bond motifs is 1. The van der Waals surface area contributed by atoms with Crippen molar-refractivity contribution in [1.82, 2.24) is 14.9 Å². The largest absolute Gasteiger partial charge is 0.481 e. The van der Waals surface area contributed by atoms with Gasteiger partial charge in [0.05, 0.1) is 12.8 Å². The molecule has 0 aliphatic rings. The third-order valence-corrected chi connectivity index (χ3v) is 7.18. The van der Waals surface area contributed by atoms with Gasteiger partial charge in [-0.05, 0) is 60.6 Å². The number of methoxy groups -OCH3 is 1. The fourth-order valence-electron chi connectivity index (χ4n) is 5.31. The van der Waals surface area contributed by atoms with Crippen LogP contribution in [0.25, 0.3) is 22.0 Å². The van der Waals surface area contributed by atoms with Gasteiger partial charge in [0.1, 0.15) is 5.60 Å². The highest BCUT2D eigenvalue weighted by Gasteiger charge is 2.43. The minimum Gasteiger partial charge on any atom is -0.481 e. The van der Waals surface area contributed by atoms with Gasteiger partial charge in [-0.25, -0.2) is 4.98 Å². The summed E-state index contributed by atoms with van der Waals surface area (Å²) in [6, 6.07) is 32.5. The van der Waals surface area contributed by atoms with Gasteiger partial charge in [0, 0.05) is 36.0 Å². The van der Waals surface area contributed by atoms with Crippen LogP contribution in [0.4, 0.5) is 0 Å². The number of ether oxygens (including phenoxy) is 1. The Hall–Kier alpha value is -4.06. The van der Waals surface area contributed by atoms with Gasteiger partial charge in [0.25, 0.3) is 0 Å². The first-order valence-electron chi connectivity index (χ1n) is 12.9. The molecule has 0 aliphatic heterocycles. The van der Waals surface area contributed by atoms with E-state index in [1.807, 2.05) is 74.8 Å². The number of aromatic nitrogens is 2. The van der Waals surface area contributed by atoms with Crippen LogP contribution in [0.5, 0.6) is 5.88 Å². The van der Waals surface area contributed by atoms with Crippen LogP contribution in [0, 0.1) is 0 Å². The van der Waals surface area contributed by atoms with E-state index in [1.54, 1.807) is 19.5 Å². The Morgan fingerprint density at radius 3 is 2.29 bits per heavy atom. The lowest BCUT2D eigenvalue weighted by molar-refractivity contribution is 0.00516. The molecule has 0 radical (unpaired) electrons. The third-order valence-electron chi connectivity index (χ3n) is 7.18. The summed E-state index contributed by atoms with van der Waals surface area (Å²) in [6.45, 7) is 0.702. The zero-order chi connectivity index (χ0) is 26.5. The molecule has 0 amide bonds. The minimum atomic E-state index is -1.25. The Bertz CT molecular complexity index is 1500. The number of benzene rings is 3. The van der Waals surface area contributed by atoms with Crippen molar-refractivity contribution in [2.24, 2.45) is 0 Å². The summed E-state index contributed by atoms with van der Waals surface area (Å²) < 4.78 is 5.91. The Kier molecular flexibility index (Phi) is 7.50. The molecule has 0 unspecified atom stereocenters. The SMILES string of the molecule is COc1nc(-c2ccncc2)ccc1[C@@H](c1ccccc1)[C@@](O)(CCN(C)C)c1cccc2ccccc12. The lowest BCUT2D eigenvalue weighted by Crippen LogP contribution is -2.38. The molecule has 0 bridgehead atoms. The second-order valence-electron chi connectivity index (χ2n) is 9.88. The van der Waals surface area contributed by atoms with Crippen molar-refractivity contribution in [2.45, 2.75) is 17.9 Å². The van der Waals surface area contributed by atoms with E-state index >= 15 is 0 Å². The van der Waals surface area contributed by atoms with Crippen LogP contribution in [0.2, 0.25) is 0 Å². The standard InChI is InChI=1S/C33H33N3O2/c1-36(2)23-20-33(37,29-15-9-13-24-10-7-8-14-27(24)29)31(26-11-5-4-6-12-26)28-16-17-30(35-32(28)38-3)25-18-21-34-22-19-25/h4-19,21-22,31,37H,20,23H2,1-3H3/t31-,33-/m1/s1. The van der Waals surface area contributed by atoms with Crippen LogP contribution in [-0.4, -0.2) is 47.7 Å². The van der Waals surface area contributed by atoms with E-state index in [-0.39, 0.29) is 0 Å². The molecular formula is C33H33N3O2. The molecule has 0 spiro atoms. The van der Waals surface area contributed by atoms with Gasteiger partial charge in [-0.15, -0.1) is 0 Å². The Balaban J connectivity index is 1.76. The Labute approximate surface area is 224 Å². The van der Waals surface area contributed by atoms with Crippen molar-refractivity contribution in [1.29, 1.82) is 0 Å². The Morgan fingerprint density at radius 2 is 1.55 bits per heavy atom. The lowest BCUT2D eigenvalue weighted by Gasteiger charge is -2.39. The topological polar surface area (TPSA) is 58.5 Å². The first kappa shape index (κ1) is 25.6. The maximum absolute atomic E-state index is 13.0. The smallest absolute Gasteiger partial charge is 0.217 e. The zero-order valence-electron chi connectivity index (χ0n) is 22.1. The average Bonchev–Trinajstić information content (AvgIpc) is 2.97.